The zero-order valence-electron chi connectivity index (χ0n) is 13.7. The fraction of sp³-hybridized carbons (Fsp3) is 0.250. The predicted molar refractivity (Wildman–Crippen MR) is 99.3 cm³/mol. The molecule has 1 aromatic carbocycles. The van der Waals surface area contributed by atoms with Crippen LogP contribution in [0.4, 0.5) is 5.13 Å². The van der Waals surface area contributed by atoms with Gasteiger partial charge in [-0.3, -0.25) is 9.59 Å². The third-order valence-electron chi connectivity index (χ3n) is 3.20. The number of H-pyrrole nitrogens is 1. The van der Waals surface area contributed by atoms with Crippen molar-refractivity contribution >= 4 is 44.4 Å². The number of rotatable bonds is 6. The van der Waals surface area contributed by atoms with Crippen molar-refractivity contribution in [1.82, 2.24) is 15.0 Å². The van der Waals surface area contributed by atoms with Gasteiger partial charge in [0.05, 0.1) is 28.3 Å². The third-order valence-corrected chi connectivity index (χ3v) is 5.00. The number of nitrogens with zero attached hydrogens (tertiary/aromatic N) is 2. The van der Waals surface area contributed by atoms with Crippen LogP contribution in [0.5, 0.6) is 0 Å². The van der Waals surface area contributed by atoms with Gasteiger partial charge in [0.2, 0.25) is 5.91 Å². The van der Waals surface area contributed by atoms with E-state index in [1.165, 1.54) is 24.5 Å². The van der Waals surface area contributed by atoms with E-state index in [0.717, 1.165) is 27.5 Å². The van der Waals surface area contributed by atoms with E-state index in [1.54, 1.807) is 0 Å². The van der Waals surface area contributed by atoms with Crippen LogP contribution in [0.25, 0.3) is 10.2 Å². The van der Waals surface area contributed by atoms with E-state index in [9.17, 15) is 9.59 Å². The molecule has 3 aromatic rings. The summed E-state index contributed by atoms with van der Waals surface area (Å²) < 4.78 is 6.00. The van der Waals surface area contributed by atoms with Gasteiger partial charge < -0.3 is 15.0 Å². The lowest BCUT2D eigenvalue weighted by atomic mass is 10.2. The van der Waals surface area contributed by atoms with Gasteiger partial charge in [-0.1, -0.05) is 29.2 Å². The number of thioether (sulfide) groups is 1. The van der Waals surface area contributed by atoms with E-state index in [1.807, 2.05) is 25.1 Å². The first-order valence-electron chi connectivity index (χ1n) is 7.42. The highest BCUT2D eigenvalue weighted by Gasteiger charge is 2.10. The summed E-state index contributed by atoms with van der Waals surface area (Å²) in [6, 6.07) is 7.32. The van der Waals surface area contributed by atoms with E-state index in [0.29, 0.717) is 16.0 Å². The Balaban J connectivity index is 1.63. The Hall–Kier alpha value is -2.23. The van der Waals surface area contributed by atoms with Crippen LogP contribution in [0.1, 0.15) is 11.3 Å². The van der Waals surface area contributed by atoms with Crippen LogP contribution in [-0.4, -0.2) is 33.7 Å². The van der Waals surface area contributed by atoms with Crippen LogP contribution >= 0.6 is 23.1 Å². The molecule has 130 valence electrons. The molecule has 0 saturated carbocycles. The number of nitrogens with one attached hydrogen (secondary N) is 2. The maximum Gasteiger partial charge on any atom is 0.251 e. The SMILES string of the molecule is COCc1cc(=O)[nH]c(SCC(=O)Nc2nc3ccc(C)cc3s2)n1. The molecule has 3 rings (SSSR count). The molecule has 0 atom stereocenters. The Morgan fingerprint density at radius 3 is 3.00 bits per heavy atom. The molecule has 25 heavy (non-hydrogen) atoms. The number of hydrogen-bond donors (Lipinski definition) is 2. The van der Waals surface area contributed by atoms with Crippen molar-refractivity contribution in [3.05, 3.63) is 45.9 Å². The maximum atomic E-state index is 12.1. The van der Waals surface area contributed by atoms with Crippen LogP contribution in [0.15, 0.2) is 34.2 Å². The minimum absolute atomic E-state index is 0.119. The van der Waals surface area contributed by atoms with Crippen LogP contribution < -0.4 is 10.9 Å². The number of aryl methyl sites for hydroxylation is 1. The molecule has 2 N–H and O–H groups in total. The van der Waals surface area contributed by atoms with Gasteiger partial charge in [0.25, 0.3) is 5.56 Å². The van der Waals surface area contributed by atoms with E-state index in [2.05, 4.69) is 20.3 Å². The van der Waals surface area contributed by atoms with Gasteiger partial charge in [-0.2, -0.15) is 0 Å². The molecule has 7 nitrogen and oxygen atoms in total. The molecule has 0 bridgehead atoms. The normalized spacial score (nSPS) is 11.0. The van der Waals surface area contributed by atoms with Crippen molar-refractivity contribution in [1.29, 1.82) is 0 Å². The number of thiazole rings is 1. The topological polar surface area (TPSA) is 97.0 Å². The van der Waals surface area contributed by atoms with Crippen molar-refractivity contribution in [2.24, 2.45) is 0 Å². The predicted octanol–water partition coefficient (Wildman–Crippen LogP) is 2.57. The maximum absolute atomic E-state index is 12.1. The first-order valence-corrected chi connectivity index (χ1v) is 9.23. The second kappa shape index (κ2) is 7.77. The number of carbonyl (C=O) groups is 1. The summed E-state index contributed by atoms with van der Waals surface area (Å²) in [5.41, 5.74) is 2.26. The molecular weight excluding hydrogens is 360 g/mol. The number of aromatic nitrogens is 3. The van der Waals surface area contributed by atoms with Gasteiger partial charge in [0.1, 0.15) is 0 Å². The van der Waals surface area contributed by atoms with E-state index in [-0.39, 0.29) is 23.8 Å². The van der Waals surface area contributed by atoms with Crippen molar-refractivity contribution in [3.63, 3.8) is 0 Å². The first-order chi connectivity index (χ1) is 12.0. The van der Waals surface area contributed by atoms with Crippen molar-refractivity contribution in [3.8, 4) is 0 Å². The fourth-order valence-electron chi connectivity index (χ4n) is 2.15. The number of ether oxygens (including phenoxy) is 1. The number of anilines is 1. The summed E-state index contributed by atoms with van der Waals surface area (Å²) >= 11 is 2.58. The van der Waals surface area contributed by atoms with Crippen LogP contribution in [0, 0.1) is 6.92 Å². The van der Waals surface area contributed by atoms with Crippen LogP contribution in [0.3, 0.4) is 0 Å². The monoisotopic (exact) mass is 376 g/mol. The molecule has 2 heterocycles. The summed E-state index contributed by atoms with van der Waals surface area (Å²) in [5, 5.41) is 3.72. The lowest BCUT2D eigenvalue weighted by Crippen LogP contribution is -2.15. The van der Waals surface area contributed by atoms with E-state index < -0.39 is 0 Å². The molecule has 0 aliphatic rings. The second-order valence-corrected chi connectivity index (χ2v) is 7.30. The molecule has 0 unspecified atom stereocenters. The summed E-state index contributed by atoms with van der Waals surface area (Å²) in [6.07, 6.45) is 0. The van der Waals surface area contributed by atoms with Crippen molar-refractivity contribution in [2.45, 2.75) is 18.7 Å². The van der Waals surface area contributed by atoms with Crippen molar-refractivity contribution in [2.75, 3.05) is 18.2 Å². The smallest absolute Gasteiger partial charge is 0.251 e. The Kier molecular flexibility index (Phi) is 5.47. The highest BCUT2D eigenvalue weighted by molar-refractivity contribution is 7.99. The molecule has 2 aromatic heterocycles. The number of hydrogen-bond acceptors (Lipinski definition) is 7. The highest BCUT2D eigenvalue weighted by atomic mass is 32.2. The molecule has 9 heteroatoms. The summed E-state index contributed by atoms with van der Waals surface area (Å²) in [4.78, 5) is 34.9. The number of fused-ring (bicyclic) bond motifs is 1. The largest absolute Gasteiger partial charge is 0.378 e. The zero-order chi connectivity index (χ0) is 17.8. The van der Waals surface area contributed by atoms with Crippen molar-refractivity contribution < 1.29 is 9.53 Å². The fourth-order valence-corrected chi connectivity index (χ4v) is 3.82. The highest BCUT2D eigenvalue weighted by Crippen LogP contribution is 2.26. The Bertz CT molecular complexity index is 967. The number of benzene rings is 1. The van der Waals surface area contributed by atoms with E-state index in [4.69, 9.17) is 4.74 Å². The molecule has 0 radical (unpaired) electrons. The Labute approximate surface area is 151 Å². The number of methoxy groups -OCH3 is 1. The Morgan fingerprint density at radius 1 is 1.36 bits per heavy atom. The Morgan fingerprint density at radius 2 is 2.20 bits per heavy atom. The number of amides is 1. The minimum atomic E-state index is -0.272. The van der Waals surface area contributed by atoms with Crippen LogP contribution in [0.2, 0.25) is 0 Å². The molecule has 0 aliphatic heterocycles. The first kappa shape index (κ1) is 17.6. The summed E-state index contributed by atoms with van der Waals surface area (Å²) in [7, 11) is 1.53. The standard InChI is InChI=1S/C16H16N4O3S2/c1-9-3-4-11-12(5-9)25-16(18-11)20-14(22)8-24-15-17-10(7-23-2)6-13(21)19-15/h3-6H,7-8H2,1-2H3,(H,17,19,21)(H,18,20,22). The van der Waals surface area contributed by atoms with Gasteiger partial charge in [-0.05, 0) is 24.6 Å². The summed E-state index contributed by atoms with van der Waals surface area (Å²) in [6.45, 7) is 2.26. The second-order valence-electron chi connectivity index (χ2n) is 5.30. The zero-order valence-corrected chi connectivity index (χ0v) is 15.3. The molecule has 1 amide bonds. The lowest BCUT2D eigenvalue weighted by Gasteiger charge is -2.03. The quantitative estimate of drug-likeness (QED) is 0.507. The number of carbonyl (C=O) groups excluding carboxylic acids is 1. The summed E-state index contributed by atoms with van der Waals surface area (Å²) in [5.74, 6) is -0.0884. The lowest BCUT2D eigenvalue weighted by molar-refractivity contribution is -0.113. The molecule has 0 fully saturated rings. The minimum Gasteiger partial charge on any atom is -0.378 e. The third kappa shape index (κ3) is 4.65. The van der Waals surface area contributed by atoms with Crippen LogP contribution in [-0.2, 0) is 16.1 Å². The van der Waals surface area contributed by atoms with Gasteiger partial charge in [0, 0.05) is 13.2 Å². The average Bonchev–Trinajstić information content (AvgIpc) is 2.94. The average molecular weight is 376 g/mol. The molecular formula is C16H16N4O3S2. The van der Waals surface area contributed by atoms with Gasteiger partial charge >= 0.3 is 0 Å². The number of aromatic amines is 1. The van der Waals surface area contributed by atoms with Gasteiger partial charge in [-0.15, -0.1) is 0 Å². The molecule has 0 saturated heterocycles. The van der Waals surface area contributed by atoms with Gasteiger partial charge in [-0.25, -0.2) is 9.97 Å². The molecule has 0 spiro atoms. The molecule has 0 aliphatic carbocycles. The van der Waals surface area contributed by atoms with E-state index >= 15 is 0 Å². The van der Waals surface area contributed by atoms with Gasteiger partial charge in [0.15, 0.2) is 10.3 Å².